The van der Waals surface area contributed by atoms with E-state index in [1.807, 2.05) is 0 Å². The Kier molecular flexibility index (Phi) is 3.43. The van der Waals surface area contributed by atoms with Gasteiger partial charge in [-0.05, 0) is 56.3 Å². The number of aryl methyl sites for hydroxylation is 1. The number of carbonyl (C=O) groups excluding carboxylic acids is 1. The maximum absolute atomic E-state index is 12.5. The van der Waals surface area contributed by atoms with Crippen molar-refractivity contribution in [2.24, 2.45) is 17.8 Å². The van der Waals surface area contributed by atoms with E-state index in [2.05, 4.69) is 4.98 Å². The molecule has 4 aliphatic rings. The largest absolute Gasteiger partial charge is 0.481 e. The zero-order chi connectivity index (χ0) is 16.0. The van der Waals surface area contributed by atoms with Crippen LogP contribution in [0.1, 0.15) is 50.6 Å². The Balaban J connectivity index is 1.43. The number of aromatic nitrogens is 2. The highest BCUT2D eigenvalue weighted by atomic mass is 16.6. The summed E-state index contributed by atoms with van der Waals surface area (Å²) in [5, 5.41) is 8.71. The third-order valence-corrected chi connectivity index (χ3v) is 5.73. The number of hydrogen-bond acceptors (Lipinski definition) is 4. The van der Waals surface area contributed by atoms with Crippen molar-refractivity contribution in [1.82, 2.24) is 9.55 Å². The molecule has 5 rings (SSSR count). The van der Waals surface area contributed by atoms with Crippen LogP contribution in [0.25, 0.3) is 0 Å². The molecule has 0 radical (unpaired) electrons. The highest BCUT2D eigenvalue weighted by molar-refractivity contribution is 5.71. The number of imidazole rings is 1. The van der Waals surface area contributed by atoms with E-state index in [4.69, 9.17) is 9.84 Å². The van der Waals surface area contributed by atoms with Crippen molar-refractivity contribution in [3.63, 3.8) is 0 Å². The number of carboxylic acids is 1. The molecule has 1 aromatic rings. The molecule has 1 N–H and O–H groups in total. The van der Waals surface area contributed by atoms with Gasteiger partial charge < -0.3 is 9.84 Å². The minimum Gasteiger partial charge on any atom is -0.481 e. The Bertz CT molecular complexity index is 601. The molecule has 4 fully saturated rings. The molecule has 0 spiro atoms. The first kappa shape index (κ1) is 14.7. The molecule has 0 saturated heterocycles. The van der Waals surface area contributed by atoms with Crippen LogP contribution in [-0.4, -0.2) is 32.3 Å². The summed E-state index contributed by atoms with van der Waals surface area (Å²) in [4.78, 5) is 27.2. The maximum Gasteiger partial charge on any atom is 0.419 e. The van der Waals surface area contributed by atoms with Gasteiger partial charge in [0.2, 0.25) is 0 Å². The Morgan fingerprint density at radius 3 is 2.39 bits per heavy atom. The van der Waals surface area contributed by atoms with Crippen molar-refractivity contribution < 1.29 is 19.4 Å². The van der Waals surface area contributed by atoms with Gasteiger partial charge in [-0.3, -0.25) is 4.79 Å². The van der Waals surface area contributed by atoms with Gasteiger partial charge in [-0.15, -0.1) is 0 Å². The molecule has 0 aliphatic heterocycles. The summed E-state index contributed by atoms with van der Waals surface area (Å²) in [6, 6.07) is 0. The molecule has 1 aromatic heterocycles. The molecule has 0 amide bonds. The molecule has 4 saturated carbocycles. The molecule has 0 aromatic carbocycles. The van der Waals surface area contributed by atoms with Crippen LogP contribution in [0.2, 0.25) is 0 Å². The first-order valence-corrected chi connectivity index (χ1v) is 8.49. The number of aliphatic carboxylic acids is 1. The van der Waals surface area contributed by atoms with Gasteiger partial charge in [0.25, 0.3) is 0 Å². The van der Waals surface area contributed by atoms with Crippen LogP contribution in [0.4, 0.5) is 4.79 Å². The molecule has 6 nitrogen and oxygen atoms in total. The Labute approximate surface area is 134 Å². The number of carbonyl (C=O) groups is 2. The van der Waals surface area contributed by atoms with Crippen molar-refractivity contribution in [2.75, 3.05) is 0 Å². The minimum absolute atomic E-state index is 0.0149. The molecule has 4 bridgehead atoms. The standard InChI is InChI=1S/C17H22N2O4/c20-15(21)2-1-14-9-19(10-18-14)16(22)23-17-6-11-3-12(7-17)5-13(4-11)8-17/h9-13H,1-8H2,(H,20,21). The maximum atomic E-state index is 12.5. The number of carboxylic acid groups (broad SMARTS) is 1. The van der Waals surface area contributed by atoms with Crippen LogP contribution in [0.15, 0.2) is 12.5 Å². The number of ether oxygens (including phenoxy) is 1. The molecule has 23 heavy (non-hydrogen) atoms. The van der Waals surface area contributed by atoms with E-state index in [0.29, 0.717) is 12.1 Å². The van der Waals surface area contributed by atoms with E-state index in [0.717, 1.165) is 37.0 Å². The number of nitrogens with zero attached hydrogens (tertiary/aromatic N) is 2. The molecule has 124 valence electrons. The molecular weight excluding hydrogens is 296 g/mol. The third-order valence-electron chi connectivity index (χ3n) is 5.73. The monoisotopic (exact) mass is 318 g/mol. The zero-order valence-corrected chi connectivity index (χ0v) is 13.1. The minimum atomic E-state index is -0.865. The lowest BCUT2D eigenvalue weighted by atomic mass is 9.54. The number of rotatable bonds is 4. The summed E-state index contributed by atoms with van der Waals surface area (Å²) in [5.74, 6) is 1.31. The second-order valence-corrected chi connectivity index (χ2v) is 7.63. The Morgan fingerprint density at radius 2 is 1.83 bits per heavy atom. The Morgan fingerprint density at radius 1 is 1.22 bits per heavy atom. The SMILES string of the molecule is O=C(O)CCc1cn(C(=O)OC23CC4CC(CC(C4)C2)C3)cn1. The van der Waals surface area contributed by atoms with Crippen LogP contribution < -0.4 is 0 Å². The number of hydrogen-bond donors (Lipinski definition) is 1. The van der Waals surface area contributed by atoms with E-state index in [-0.39, 0.29) is 18.1 Å². The molecule has 6 heteroatoms. The smallest absolute Gasteiger partial charge is 0.419 e. The molecule has 0 unspecified atom stereocenters. The highest BCUT2D eigenvalue weighted by Gasteiger charge is 2.53. The second-order valence-electron chi connectivity index (χ2n) is 7.63. The van der Waals surface area contributed by atoms with Crippen LogP contribution >= 0.6 is 0 Å². The lowest BCUT2D eigenvalue weighted by molar-refractivity contribution is -0.137. The summed E-state index contributed by atoms with van der Waals surface area (Å²) >= 11 is 0. The second kappa shape index (κ2) is 5.35. The van der Waals surface area contributed by atoms with Crippen molar-refractivity contribution >= 4 is 12.1 Å². The fraction of sp³-hybridized carbons (Fsp3) is 0.706. The predicted molar refractivity (Wildman–Crippen MR) is 81.0 cm³/mol. The fourth-order valence-electron chi connectivity index (χ4n) is 5.22. The van der Waals surface area contributed by atoms with Crippen molar-refractivity contribution in [2.45, 2.75) is 57.0 Å². The first-order chi connectivity index (χ1) is 11.0. The van der Waals surface area contributed by atoms with Gasteiger partial charge in [-0.1, -0.05) is 0 Å². The first-order valence-electron chi connectivity index (χ1n) is 8.49. The van der Waals surface area contributed by atoms with Crippen molar-refractivity contribution in [1.29, 1.82) is 0 Å². The Hall–Kier alpha value is -1.85. The van der Waals surface area contributed by atoms with Crippen LogP contribution in [0.3, 0.4) is 0 Å². The summed E-state index contributed by atoms with van der Waals surface area (Å²) in [7, 11) is 0. The van der Waals surface area contributed by atoms with Crippen LogP contribution in [0, 0.1) is 17.8 Å². The normalized spacial score (nSPS) is 34.5. The summed E-state index contributed by atoms with van der Waals surface area (Å²) in [5.41, 5.74) is 0.340. The van der Waals surface area contributed by atoms with E-state index in [1.165, 1.54) is 30.2 Å². The molecule has 0 atom stereocenters. The van der Waals surface area contributed by atoms with Gasteiger partial charge >= 0.3 is 12.1 Å². The fourth-order valence-corrected chi connectivity index (χ4v) is 5.22. The quantitative estimate of drug-likeness (QED) is 0.923. The van der Waals surface area contributed by atoms with Gasteiger partial charge in [0.1, 0.15) is 11.9 Å². The average molecular weight is 318 g/mol. The van der Waals surface area contributed by atoms with E-state index < -0.39 is 5.97 Å². The molecule has 1 heterocycles. The van der Waals surface area contributed by atoms with E-state index in [9.17, 15) is 9.59 Å². The topological polar surface area (TPSA) is 81.4 Å². The predicted octanol–water partition coefficient (Wildman–Crippen LogP) is 2.85. The van der Waals surface area contributed by atoms with Crippen LogP contribution in [-0.2, 0) is 16.0 Å². The van der Waals surface area contributed by atoms with Gasteiger partial charge in [0, 0.05) is 12.6 Å². The average Bonchev–Trinajstić information content (AvgIpc) is 2.92. The van der Waals surface area contributed by atoms with E-state index >= 15 is 0 Å². The zero-order valence-electron chi connectivity index (χ0n) is 13.1. The molecule has 4 aliphatic carbocycles. The molecular formula is C17H22N2O4. The lowest BCUT2D eigenvalue weighted by Gasteiger charge is -2.55. The lowest BCUT2D eigenvalue weighted by Crippen LogP contribution is -2.53. The van der Waals surface area contributed by atoms with Crippen molar-refractivity contribution in [3.05, 3.63) is 18.2 Å². The summed E-state index contributed by atoms with van der Waals surface area (Å²) in [6.45, 7) is 0. The van der Waals surface area contributed by atoms with Crippen molar-refractivity contribution in [3.8, 4) is 0 Å². The van der Waals surface area contributed by atoms with Gasteiger partial charge in [-0.25, -0.2) is 14.3 Å². The summed E-state index contributed by atoms with van der Waals surface area (Å²) in [6.07, 6.45) is 9.92. The van der Waals surface area contributed by atoms with Gasteiger partial charge in [0.05, 0.1) is 12.1 Å². The van der Waals surface area contributed by atoms with Gasteiger partial charge in [0.15, 0.2) is 0 Å². The summed E-state index contributed by atoms with van der Waals surface area (Å²) < 4.78 is 7.30. The van der Waals surface area contributed by atoms with E-state index in [1.54, 1.807) is 6.20 Å². The van der Waals surface area contributed by atoms with Crippen LogP contribution in [0.5, 0.6) is 0 Å². The highest BCUT2D eigenvalue weighted by Crippen LogP contribution is 2.57. The third kappa shape index (κ3) is 2.86. The van der Waals surface area contributed by atoms with Gasteiger partial charge in [-0.2, -0.15) is 0 Å².